The van der Waals surface area contributed by atoms with Gasteiger partial charge in [-0.15, -0.1) is 0 Å². The van der Waals surface area contributed by atoms with Crippen LogP contribution in [0.4, 0.5) is 14.5 Å². The topological polar surface area (TPSA) is 69.2 Å². The van der Waals surface area contributed by atoms with Crippen LogP contribution in [0.25, 0.3) is 22.5 Å². The third kappa shape index (κ3) is 7.92. The van der Waals surface area contributed by atoms with E-state index in [-0.39, 0.29) is 0 Å². The molecule has 6 rings (SSSR count). The second-order valence-corrected chi connectivity index (χ2v) is 12.0. The minimum absolute atomic E-state index is 0.297. The lowest BCUT2D eigenvalue weighted by atomic mass is 10.00. The predicted octanol–water partition coefficient (Wildman–Crippen LogP) is 7.79. The van der Waals surface area contributed by atoms with Gasteiger partial charge in [-0.05, 0) is 96.8 Å². The van der Waals surface area contributed by atoms with E-state index in [1.54, 1.807) is 34.6 Å². The molecular weight excluding hydrogens is 626 g/mol. The zero-order valence-corrected chi connectivity index (χ0v) is 28.2. The zero-order valence-electron chi connectivity index (χ0n) is 28.2. The van der Waals surface area contributed by atoms with E-state index in [0.717, 1.165) is 72.4 Å². The van der Waals surface area contributed by atoms with Gasteiger partial charge in [-0.1, -0.05) is 0 Å². The minimum Gasteiger partial charge on any atom is -0.497 e. The number of aromatic nitrogens is 2. The van der Waals surface area contributed by atoms with Gasteiger partial charge in [-0.2, -0.15) is 0 Å². The summed E-state index contributed by atoms with van der Waals surface area (Å²) in [6.07, 6.45) is 5.46. The van der Waals surface area contributed by atoms with Crippen LogP contribution in [0.1, 0.15) is 24.0 Å². The fourth-order valence-electron chi connectivity index (χ4n) is 6.44. The number of hydrogen-bond donors (Lipinski definition) is 0. The number of anilines is 1. The summed E-state index contributed by atoms with van der Waals surface area (Å²) in [4.78, 5) is 13.9. The largest absolute Gasteiger partial charge is 0.497 e. The number of hydrogen-bond acceptors (Lipinski definition) is 8. The van der Waals surface area contributed by atoms with Gasteiger partial charge in [-0.25, -0.2) is 8.78 Å². The molecule has 49 heavy (non-hydrogen) atoms. The Balaban J connectivity index is 1.20. The van der Waals surface area contributed by atoms with Gasteiger partial charge in [0.25, 0.3) is 0 Å². The number of nitrogens with zero attached hydrogens (tertiary/aromatic N) is 4. The van der Waals surface area contributed by atoms with E-state index in [9.17, 15) is 8.78 Å². The first-order chi connectivity index (χ1) is 23.9. The Kier molecular flexibility index (Phi) is 10.5. The fourth-order valence-corrected chi connectivity index (χ4v) is 6.44. The molecule has 0 bridgehead atoms. The first kappa shape index (κ1) is 33.7. The van der Waals surface area contributed by atoms with Gasteiger partial charge in [0.2, 0.25) is 5.75 Å². The van der Waals surface area contributed by atoms with E-state index in [2.05, 4.69) is 44.0 Å². The Labute approximate surface area is 285 Å². The van der Waals surface area contributed by atoms with Crippen molar-refractivity contribution in [3.63, 3.8) is 0 Å². The van der Waals surface area contributed by atoms with Crippen molar-refractivity contribution in [3.8, 4) is 45.5 Å². The van der Waals surface area contributed by atoms with Crippen LogP contribution in [-0.4, -0.2) is 62.4 Å². The highest BCUT2D eigenvalue weighted by atomic mass is 19.1. The number of rotatable bonds is 12. The van der Waals surface area contributed by atoms with Crippen molar-refractivity contribution in [2.45, 2.75) is 32.0 Å². The SMILES string of the molecule is COc1ccc(N(Cc2ccnc(-c3cc(OC)c(OC)c(OC)c3)c2)C2CCN(Cc3ccnc(-c4cc(F)cc(F)c4)c3)CC2)cc1. The summed E-state index contributed by atoms with van der Waals surface area (Å²) in [6.45, 7) is 3.22. The fraction of sp³-hybridized carbons (Fsp3) is 0.282. The number of likely N-dealkylation sites (tertiary alicyclic amines) is 1. The Bertz CT molecular complexity index is 1830. The molecule has 1 fully saturated rings. The summed E-state index contributed by atoms with van der Waals surface area (Å²) in [5.41, 5.74) is 5.94. The van der Waals surface area contributed by atoms with Crippen molar-refractivity contribution in [2.75, 3.05) is 46.4 Å². The molecule has 3 aromatic carbocycles. The molecule has 2 aromatic heterocycles. The molecule has 0 amide bonds. The highest BCUT2D eigenvalue weighted by molar-refractivity contribution is 5.69. The number of pyridine rings is 2. The van der Waals surface area contributed by atoms with Crippen LogP contribution in [0.2, 0.25) is 0 Å². The van der Waals surface area contributed by atoms with E-state index in [4.69, 9.17) is 18.9 Å². The average Bonchev–Trinajstić information content (AvgIpc) is 3.13. The Morgan fingerprint density at radius 2 is 1.24 bits per heavy atom. The van der Waals surface area contributed by atoms with Crippen molar-refractivity contribution in [3.05, 3.63) is 114 Å². The van der Waals surface area contributed by atoms with Crippen LogP contribution >= 0.6 is 0 Å². The Hall–Kier alpha value is -5.22. The van der Waals surface area contributed by atoms with Crippen molar-refractivity contribution >= 4 is 5.69 Å². The maximum atomic E-state index is 13.9. The van der Waals surface area contributed by atoms with Gasteiger partial charge >= 0.3 is 0 Å². The van der Waals surface area contributed by atoms with Crippen molar-refractivity contribution in [2.24, 2.45) is 0 Å². The van der Waals surface area contributed by atoms with E-state index < -0.39 is 11.6 Å². The molecule has 10 heteroatoms. The van der Waals surface area contributed by atoms with Crippen LogP contribution in [0.5, 0.6) is 23.0 Å². The molecule has 1 aliphatic rings. The number of ether oxygens (including phenoxy) is 4. The molecular formula is C39H40F2N4O4. The number of piperidine rings is 1. The van der Waals surface area contributed by atoms with E-state index in [0.29, 0.717) is 41.1 Å². The summed E-state index contributed by atoms with van der Waals surface area (Å²) in [5.74, 6) is 1.26. The summed E-state index contributed by atoms with van der Waals surface area (Å²) in [5, 5.41) is 0. The number of methoxy groups -OCH3 is 4. The van der Waals surface area contributed by atoms with E-state index in [1.165, 1.54) is 12.1 Å². The molecule has 0 aliphatic carbocycles. The summed E-state index contributed by atoms with van der Waals surface area (Å²) in [6, 6.07) is 23.9. The Morgan fingerprint density at radius 1 is 0.673 bits per heavy atom. The maximum Gasteiger partial charge on any atom is 0.203 e. The molecule has 0 spiro atoms. The van der Waals surface area contributed by atoms with Gasteiger partial charge in [0.05, 0.1) is 39.8 Å². The average molecular weight is 667 g/mol. The number of halogens is 2. The van der Waals surface area contributed by atoms with Gasteiger partial charge in [0.1, 0.15) is 17.4 Å². The zero-order chi connectivity index (χ0) is 34.3. The molecule has 1 aliphatic heterocycles. The molecule has 5 aromatic rings. The van der Waals surface area contributed by atoms with Gasteiger partial charge in [0.15, 0.2) is 11.5 Å². The minimum atomic E-state index is -0.616. The molecule has 0 saturated carbocycles. The first-order valence-electron chi connectivity index (χ1n) is 16.2. The molecule has 254 valence electrons. The second-order valence-electron chi connectivity index (χ2n) is 12.0. The van der Waals surface area contributed by atoms with Crippen molar-refractivity contribution < 1.29 is 27.7 Å². The smallest absolute Gasteiger partial charge is 0.203 e. The quantitative estimate of drug-likeness (QED) is 0.134. The molecule has 0 atom stereocenters. The lowest BCUT2D eigenvalue weighted by Crippen LogP contribution is -2.44. The standard InChI is InChI=1S/C39H40F2N4O4/c1-46-34-7-5-32(6-8-34)45(25-27-10-14-43-36(18-27)29-21-37(47-2)39(49-4)38(22-29)48-3)33-11-15-44(16-12-33)24-26-9-13-42-35(17-26)28-19-30(40)23-31(41)20-28/h5-10,13-14,17-23,33H,11-12,15-16,24-25H2,1-4H3. The highest BCUT2D eigenvalue weighted by Crippen LogP contribution is 2.41. The van der Waals surface area contributed by atoms with Crippen LogP contribution in [0, 0.1) is 11.6 Å². The third-order valence-electron chi connectivity index (χ3n) is 8.93. The summed E-state index contributed by atoms with van der Waals surface area (Å²) >= 11 is 0. The van der Waals surface area contributed by atoms with Gasteiger partial charge < -0.3 is 23.8 Å². The Morgan fingerprint density at radius 3 is 1.82 bits per heavy atom. The molecule has 8 nitrogen and oxygen atoms in total. The second kappa shape index (κ2) is 15.3. The molecule has 0 N–H and O–H groups in total. The van der Waals surface area contributed by atoms with Crippen LogP contribution in [0.15, 0.2) is 91.3 Å². The normalized spacial score (nSPS) is 13.6. The number of benzene rings is 3. The predicted molar refractivity (Wildman–Crippen MR) is 186 cm³/mol. The van der Waals surface area contributed by atoms with Crippen LogP contribution in [0.3, 0.4) is 0 Å². The lowest BCUT2D eigenvalue weighted by molar-refractivity contribution is 0.201. The van der Waals surface area contributed by atoms with Gasteiger partial charge in [0, 0.05) is 67.5 Å². The van der Waals surface area contributed by atoms with E-state index in [1.807, 2.05) is 42.6 Å². The third-order valence-corrected chi connectivity index (χ3v) is 8.93. The monoisotopic (exact) mass is 666 g/mol. The molecule has 0 unspecified atom stereocenters. The molecule has 3 heterocycles. The maximum absolute atomic E-state index is 13.9. The van der Waals surface area contributed by atoms with E-state index >= 15 is 0 Å². The summed E-state index contributed by atoms with van der Waals surface area (Å²) < 4.78 is 49.9. The van der Waals surface area contributed by atoms with Gasteiger partial charge in [-0.3, -0.25) is 14.9 Å². The van der Waals surface area contributed by atoms with Crippen molar-refractivity contribution in [1.29, 1.82) is 0 Å². The lowest BCUT2D eigenvalue weighted by Gasteiger charge is -2.40. The molecule has 1 saturated heterocycles. The highest BCUT2D eigenvalue weighted by Gasteiger charge is 2.26. The van der Waals surface area contributed by atoms with Crippen LogP contribution < -0.4 is 23.8 Å². The summed E-state index contributed by atoms with van der Waals surface area (Å²) in [7, 11) is 6.47. The van der Waals surface area contributed by atoms with Crippen LogP contribution in [-0.2, 0) is 13.1 Å². The van der Waals surface area contributed by atoms with Crippen molar-refractivity contribution in [1.82, 2.24) is 14.9 Å². The first-order valence-corrected chi connectivity index (χ1v) is 16.2. The molecule has 0 radical (unpaired) electrons.